The number of thiophene rings is 1. The molecule has 0 aliphatic heterocycles. The molecular formula is C13H11BrClIS. The van der Waals surface area contributed by atoms with E-state index in [4.69, 9.17) is 11.6 Å². The summed E-state index contributed by atoms with van der Waals surface area (Å²) >= 11 is 14.0. The lowest BCUT2D eigenvalue weighted by molar-refractivity contribution is 1.19. The summed E-state index contributed by atoms with van der Waals surface area (Å²) < 4.78 is 1.09. The van der Waals surface area contributed by atoms with Crippen molar-refractivity contribution >= 4 is 61.5 Å². The van der Waals surface area contributed by atoms with Crippen LogP contribution < -0.4 is 0 Å². The van der Waals surface area contributed by atoms with Gasteiger partial charge in [-0.25, -0.2) is 0 Å². The number of aryl methyl sites for hydroxylation is 1. The largest absolute Gasteiger partial charge is 0.144 e. The van der Waals surface area contributed by atoms with Crippen molar-refractivity contribution < 1.29 is 0 Å². The lowest BCUT2D eigenvalue weighted by Crippen LogP contribution is -1.90. The molecule has 2 aromatic rings. The number of hydrogen-bond acceptors (Lipinski definition) is 1. The van der Waals surface area contributed by atoms with Gasteiger partial charge in [-0.05, 0) is 58.8 Å². The summed E-state index contributed by atoms with van der Waals surface area (Å²) in [5.41, 5.74) is 1.21. The summed E-state index contributed by atoms with van der Waals surface area (Å²) in [5, 5.41) is 0.819. The normalized spacial score (nSPS) is 12.7. The van der Waals surface area contributed by atoms with Crippen LogP contribution in [0.25, 0.3) is 0 Å². The predicted octanol–water partition coefficient (Wildman–Crippen LogP) is 6.05. The minimum Gasteiger partial charge on any atom is -0.144 e. The Morgan fingerprint density at radius 2 is 2.12 bits per heavy atom. The summed E-state index contributed by atoms with van der Waals surface area (Å²) in [6.45, 7) is 2.18. The standard InChI is InChI=1S/C13H11BrClIS/c1-2-9-4-6-12(17-9)13(14)8-3-5-11(16)10(15)7-8/h3-7,13H,2H2,1H3. The van der Waals surface area contributed by atoms with Crippen molar-refractivity contribution in [3.63, 3.8) is 0 Å². The molecule has 0 nitrogen and oxygen atoms in total. The highest BCUT2D eigenvalue weighted by Crippen LogP contribution is 2.37. The third kappa shape index (κ3) is 3.25. The topological polar surface area (TPSA) is 0 Å². The van der Waals surface area contributed by atoms with Gasteiger partial charge in [0.1, 0.15) is 0 Å². The monoisotopic (exact) mass is 440 g/mol. The SMILES string of the molecule is CCc1ccc(C(Br)c2ccc(I)c(Cl)c2)s1. The molecule has 0 saturated carbocycles. The molecule has 0 amide bonds. The maximum absolute atomic E-state index is 6.15. The first kappa shape index (κ1) is 13.8. The molecule has 1 atom stereocenters. The molecule has 0 bridgehead atoms. The van der Waals surface area contributed by atoms with E-state index in [1.807, 2.05) is 17.4 Å². The van der Waals surface area contributed by atoms with Crippen LogP contribution in [0.1, 0.15) is 27.1 Å². The summed E-state index contributed by atoms with van der Waals surface area (Å²) in [4.78, 5) is 2.99. The van der Waals surface area contributed by atoms with Gasteiger partial charge in [0.25, 0.3) is 0 Å². The molecule has 0 N–H and O–H groups in total. The Morgan fingerprint density at radius 1 is 1.35 bits per heavy atom. The lowest BCUT2D eigenvalue weighted by atomic mass is 10.1. The Labute approximate surface area is 133 Å². The number of benzene rings is 1. The average Bonchev–Trinajstić information content (AvgIpc) is 2.80. The Hall–Kier alpha value is 0.420. The van der Waals surface area contributed by atoms with Gasteiger partial charge in [-0.15, -0.1) is 11.3 Å². The third-order valence-corrected chi connectivity index (χ3v) is 6.71. The molecule has 17 heavy (non-hydrogen) atoms. The molecule has 0 aliphatic rings. The van der Waals surface area contributed by atoms with Crippen molar-refractivity contribution in [2.45, 2.75) is 18.2 Å². The highest BCUT2D eigenvalue weighted by molar-refractivity contribution is 14.1. The van der Waals surface area contributed by atoms with Gasteiger partial charge in [-0.3, -0.25) is 0 Å². The zero-order valence-corrected chi connectivity index (χ0v) is 14.5. The Kier molecular flexibility index (Phi) is 4.92. The fourth-order valence-electron chi connectivity index (χ4n) is 1.56. The first-order valence-corrected chi connectivity index (χ1v) is 8.48. The third-order valence-electron chi connectivity index (χ3n) is 2.52. The zero-order chi connectivity index (χ0) is 12.4. The van der Waals surface area contributed by atoms with Crippen LogP contribution in [0.5, 0.6) is 0 Å². The lowest BCUT2D eigenvalue weighted by Gasteiger charge is -2.09. The van der Waals surface area contributed by atoms with Gasteiger partial charge in [0.05, 0.1) is 9.85 Å². The highest BCUT2D eigenvalue weighted by Gasteiger charge is 2.13. The molecule has 1 unspecified atom stereocenters. The Balaban J connectivity index is 2.29. The average molecular weight is 442 g/mol. The minimum absolute atomic E-state index is 0.238. The van der Waals surface area contributed by atoms with Crippen LogP contribution in [0.4, 0.5) is 0 Å². The number of halogens is 3. The molecule has 1 heterocycles. The molecule has 0 saturated heterocycles. The number of rotatable bonds is 3. The van der Waals surface area contributed by atoms with Gasteiger partial charge in [-0.1, -0.05) is 40.5 Å². The van der Waals surface area contributed by atoms with Crippen LogP contribution in [0.2, 0.25) is 5.02 Å². The first-order chi connectivity index (χ1) is 8.11. The van der Waals surface area contributed by atoms with Crippen LogP contribution in [-0.4, -0.2) is 0 Å². The predicted molar refractivity (Wildman–Crippen MR) is 88.6 cm³/mol. The zero-order valence-electron chi connectivity index (χ0n) is 9.21. The van der Waals surface area contributed by atoms with Gasteiger partial charge in [0.15, 0.2) is 0 Å². The summed E-state index contributed by atoms with van der Waals surface area (Å²) in [6, 6.07) is 10.6. The van der Waals surface area contributed by atoms with E-state index in [0.29, 0.717) is 0 Å². The molecule has 4 heteroatoms. The van der Waals surface area contributed by atoms with Crippen molar-refractivity contribution in [3.05, 3.63) is 54.2 Å². The fraction of sp³-hybridized carbons (Fsp3) is 0.231. The Morgan fingerprint density at radius 3 is 2.71 bits per heavy atom. The number of alkyl halides is 1. The molecule has 0 fully saturated rings. The summed E-state index contributed by atoms with van der Waals surface area (Å²) in [6.07, 6.45) is 1.10. The molecular weight excluding hydrogens is 430 g/mol. The van der Waals surface area contributed by atoms with E-state index in [1.54, 1.807) is 0 Å². The number of hydrogen-bond donors (Lipinski definition) is 0. The van der Waals surface area contributed by atoms with Crippen molar-refractivity contribution in [2.24, 2.45) is 0 Å². The Bertz CT molecular complexity index is 524. The first-order valence-electron chi connectivity index (χ1n) is 5.29. The maximum atomic E-state index is 6.15. The highest BCUT2D eigenvalue weighted by atomic mass is 127. The van der Waals surface area contributed by atoms with E-state index in [0.717, 1.165) is 15.0 Å². The van der Waals surface area contributed by atoms with Crippen LogP contribution in [0.15, 0.2) is 30.3 Å². The van der Waals surface area contributed by atoms with E-state index >= 15 is 0 Å². The second kappa shape index (κ2) is 6.04. The minimum atomic E-state index is 0.238. The second-order valence-corrected chi connectivity index (χ2v) is 7.38. The molecule has 0 aliphatic carbocycles. The quantitative estimate of drug-likeness (QED) is 0.402. The fourth-order valence-corrected chi connectivity index (χ4v) is 3.76. The van der Waals surface area contributed by atoms with Gasteiger partial charge >= 0.3 is 0 Å². The van der Waals surface area contributed by atoms with E-state index in [-0.39, 0.29) is 4.83 Å². The molecule has 1 aromatic heterocycles. The van der Waals surface area contributed by atoms with Gasteiger partial charge in [0, 0.05) is 13.3 Å². The van der Waals surface area contributed by atoms with E-state index in [9.17, 15) is 0 Å². The van der Waals surface area contributed by atoms with E-state index < -0.39 is 0 Å². The van der Waals surface area contributed by atoms with E-state index in [1.165, 1.54) is 15.3 Å². The van der Waals surface area contributed by atoms with Crippen LogP contribution >= 0.6 is 61.5 Å². The van der Waals surface area contributed by atoms with Crippen molar-refractivity contribution in [3.8, 4) is 0 Å². The summed E-state index contributed by atoms with van der Waals surface area (Å²) in [5.74, 6) is 0. The van der Waals surface area contributed by atoms with Gasteiger partial charge in [-0.2, -0.15) is 0 Å². The van der Waals surface area contributed by atoms with Gasteiger partial charge in [0.2, 0.25) is 0 Å². The molecule has 90 valence electrons. The smallest absolute Gasteiger partial charge is 0.0738 e. The summed E-state index contributed by atoms with van der Waals surface area (Å²) in [7, 11) is 0. The molecule has 2 rings (SSSR count). The van der Waals surface area contributed by atoms with Gasteiger partial charge < -0.3 is 0 Å². The molecule has 1 aromatic carbocycles. The molecule has 0 radical (unpaired) electrons. The van der Waals surface area contributed by atoms with Crippen molar-refractivity contribution in [1.82, 2.24) is 0 Å². The van der Waals surface area contributed by atoms with Crippen LogP contribution in [-0.2, 0) is 6.42 Å². The van der Waals surface area contributed by atoms with Crippen LogP contribution in [0, 0.1) is 3.57 Å². The van der Waals surface area contributed by atoms with Crippen molar-refractivity contribution in [1.29, 1.82) is 0 Å². The second-order valence-electron chi connectivity index (χ2n) is 3.69. The maximum Gasteiger partial charge on any atom is 0.0738 e. The van der Waals surface area contributed by atoms with Crippen molar-refractivity contribution in [2.75, 3.05) is 0 Å². The van der Waals surface area contributed by atoms with Crippen LogP contribution in [0.3, 0.4) is 0 Å². The van der Waals surface area contributed by atoms with E-state index in [2.05, 4.69) is 69.7 Å². The molecule has 0 spiro atoms.